The third kappa shape index (κ3) is 7.50. The van der Waals surface area contributed by atoms with E-state index in [-0.39, 0.29) is 30.4 Å². The molecule has 0 aromatic heterocycles. The number of carbonyl (C=O) groups excluding carboxylic acids is 2. The number of nitrogens with one attached hydrogen (secondary N) is 2. The maximum absolute atomic E-state index is 12.4. The van der Waals surface area contributed by atoms with E-state index in [4.69, 9.17) is 4.74 Å². The Balaban J connectivity index is 1.93. The van der Waals surface area contributed by atoms with Crippen molar-refractivity contribution in [1.82, 2.24) is 10.2 Å². The third-order valence-corrected chi connectivity index (χ3v) is 3.47. The van der Waals surface area contributed by atoms with Gasteiger partial charge in [-0.05, 0) is 52.1 Å². The molecule has 0 atom stereocenters. The summed E-state index contributed by atoms with van der Waals surface area (Å²) in [6.45, 7) is 5.99. The Hall–Kier alpha value is -2.86. The lowest BCUT2D eigenvalue weighted by Crippen LogP contribution is -2.46. The second-order valence-electron chi connectivity index (χ2n) is 7.43. The fraction of sp³-hybridized carbons (Fsp3) is 0.333. The highest BCUT2D eigenvalue weighted by Gasteiger charge is 2.17. The number of likely N-dealkylation sites (N-methyl/N-ethyl adjacent to an activating group) is 1. The van der Waals surface area contributed by atoms with Crippen LogP contribution >= 0.6 is 0 Å². The van der Waals surface area contributed by atoms with Gasteiger partial charge in [-0.1, -0.05) is 30.3 Å². The number of amides is 2. The van der Waals surface area contributed by atoms with Crippen molar-refractivity contribution in [1.29, 1.82) is 0 Å². The number of hydrogen-bond donors (Lipinski definition) is 2. The Kier molecular flexibility index (Phi) is 6.96. The fourth-order valence-corrected chi connectivity index (χ4v) is 2.47. The van der Waals surface area contributed by atoms with E-state index >= 15 is 0 Å². The molecule has 0 aliphatic rings. The molecule has 0 fully saturated rings. The van der Waals surface area contributed by atoms with Crippen LogP contribution < -0.4 is 15.4 Å². The maximum Gasteiger partial charge on any atom is 0.238 e. The van der Waals surface area contributed by atoms with Crippen LogP contribution in [0.15, 0.2) is 54.6 Å². The highest BCUT2D eigenvalue weighted by molar-refractivity contribution is 5.94. The number of anilines is 1. The van der Waals surface area contributed by atoms with E-state index in [0.29, 0.717) is 17.2 Å². The number of nitrogens with zero attached hydrogens (tertiary/aromatic N) is 1. The van der Waals surface area contributed by atoms with E-state index in [2.05, 4.69) is 10.6 Å². The van der Waals surface area contributed by atoms with Crippen LogP contribution in [-0.2, 0) is 9.59 Å². The minimum Gasteiger partial charge on any atom is -0.455 e. The van der Waals surface area contributed by atoms with Crippen LogP contribution in [0, 0.1) is 0 Å². The average Bonchev–Trinajstić information content (AvgIpc) is 2.55. The molecule has 2 amide bonds. The van der Waals surface area contributed by atoms with Gasteiger partial charge in [0.15, 0.2) is 5.75 Å². The lowest BCUT2D eigenvalue weighted by Gasteiger charge is -2.23. The molecule has 0 saturated carbocycles. The molecule has 0 unspecified atom stereocenters. The van der Waals surface area contributed by atoms with Gasteiger partial charge in [-0.15, -0.1) is 0 Å². The number of para-hydroxylation sites is 3. The van der Waals surface area contributed by atoms with Gasteiger partial charge >= 0.3 is 0 Å². The Morgan fingerprint density at radius 1 is 0.926 bits per heavy atom. The Bertz CT molecular complexity index is 770. The summed E-state index contributed by atoms with van der Waals surface area (Å²) >= 11 is 0. The zero-order valence-electron chi connectivity index (χ0n) is 16.3. The van der Waals surface area contributed by atoms with Gasteiger partial charge in [0.25, 0.3) is 0 Å². The molecule has 2 aromatic rings. The average molecular weight is 369 g/mol. The molecule has 2 rings (SSSR count). The predicted octanol–water partition coefficient (Wildman–Crippen LogP) is 3.26. The summed E-state index contributed by atoms with van der Waals surface area (Å²) in [5.41, 5.74) is 0.285. The first kappa shape index (κ1) is 20.5. The second kappa shape index (κ2) is 9.19. The molecule has 0 saturated heterocycles. The minimum absolute atomic E-state index is 0.0945. The van der Waals surface area contributed by atoms with Gasteiger partial charge in [0, 0.05) is 5.54 Å². The van der Waals surface area contributed by atoms with Gasteiger partial charge in [0.1, 0.15) is 5.75 Å². The van der Waals surface area contributed by atoms with Crippen molar-refractivity contribution in [2.75, 3.05) is 25.5 Å². The van der Waals surface area contributed by atoms with Crippen LogP contribution in [0.4, 0.5) is 5.69 Å². The molecule has 2 N–H and O–H groups in total. The van der Waals surface area contributed by atoms with Gasteiger partial charge in [0.2, 0.25) is 11.8 Å². The van der Waals surface area contributed by atoms with Crippen LogP contribution in [0.2, 0.25) is 0 Å². The van der Waals surface area contributed by atoms with E-state index in [9.17, 15) is 9.59 Å². The highest BCUT2D eigenvalue weighted by Crippen LogP contribution is 2.28. The summed E-state index contributed by atoms with van der Waals surface area (Å²) < 4.78 is 5.84. The van der Waals surface area contributed by atoms with Crippen LogP contribution in [0.3, 0.4) is 0 Å². The molecule has 0 spiro atoms. The smallest absolute Gasteiger partial charge is 0.238 e. The summed E-state index contributed by atoms with van der Waals surface area (Å²) in [6.07, 6.45) is 0. The summed E-state index contributed by atoms with van der Waals surface area (Å²) in [7, 11) is 1.73. The molecule has 0 bridgehead atoms. The van der Waals surface area contributed by atoms with E-state index in [0.717, 1.165) is 0 Å². The first-order valence-electron chi connectivity index (χ1n) is 8.84. The molecule has 0 heterocycles. The van der Waals surface area contributed by atoms with Gasteiger partial charge in [-0.25, -0.2) is 0 Å². The fourth-order valence-electron chi connectivity index (χ4n) is 2.47. The van der Waals surface area contributed by atoms with Crippen molar-refractivity contribution < 1.29 is 14.3 Å². The first-order chi connectivity index (χ1) is 12.7. The maximum atomic E-state index is 12.4. The number of benzene rings is 2. The third-order valence-electron chi connectivity index (χ3n) is 3.47. The topological polar surface area (TPSA) is 70.7 Å². The molecular formula is C21H27N3O3. The minimum atomic E-state index is -0.298. The van der Waals surface area contributed by atoms with Crippen molar-refractivity contribution in [3.8, 4) is 11.5 Å². The zero-order chi connectivity index (χ0) is 19.9. The monoisotopic (exact) mass is 369 g/mol. The molecule has 144 valence electrons. The van der Waals surface area contributed by atoms with Crippen molar-refractivity contribution >= 4 is 17.5 Å². The normalized spacial score (nSPS) is 11.1. The Labute approximate surface area is 160 Å². The standard InChI is InChI=1S/C21H27N3O3/c1-21(2,3)23-20(26)15-24(4)14-19(25)22-17-12-8-9-13-18(17)27-16-10-6-5-7-11-16/h5-13H,14-15H2,1-4H3,(H,22,25)(H,23,26). The van der Waals surface area contributed by atoms with E-state index in [1.165, 1.54) is 0 Å². The van der Waals surface area contributed by atoms with E-state index in [1.54, 1.807) is 24.1 Å². The molecule has 6 nitrogen and oxygen atoms in total. The Morgan fingerprint density at radius 3 is 2.19 bits per heavy atom. The summed E-state index contributed by atoms with van der Waals surface area (Å²) in [5.74, 6) is 0.913. The molecule has 0 radical (unpaired) electrons. The second-order valence-corrected chi connectivity index (χ2v) is 7.43. The number of carbonyl (C=O) groups is 2. The lowest BCUT2D eigenvalue weighted by atomic mass is 10.1. The first-order valence-corrected chi connectivity index (χ1v) is 8.84. The van der Waals surface area contributed by atoms with E-state index < -0.39 is 0 Å². The number of hydrogen-bond acceptors (Lipinski definition) is 4. The molecule has 27 heavy (non-hydrogen) atoms. The molecular weight excluding hydrogens is 342 g/mol. The molecule has 0 aliphatic heterocycles. The summed E-state index contributed by atoms with van der Waals surface area (Å²) in [4.78, 5) is 26.0. The van der Waals surface area contributed by atoms with Gasteiger partial charge < -0.3 is 15.4 Å². The SMILES string of the molecule is CN(CC(=O)Nc1ccccc1Oc1ccccc1)CC(=O)NC(C)(C)C. The predicted molar refractivity (Wildman–Crippen MR) is 107 cm³/mol. The van der Waals surface area contributed by atoms with Crippen LogP contribution in [0.25, 0.3) is 0 Å². The molecule has 6 heteroatoms. The molecule has 2 aromatic carbocycles. The quantitative estimate of drug-likeness (QED) is 0.786. The van der Waals surface area contributed by atoms with Gasteiger partial charge in [0.05, 0.1) is 18.8 Å². The van der Waals surface area contributed by atoms with Crippen LogP contribution in [0.1, 0.15) is 20.8 Å². The van der Waals surface area contributed by atoms with Crippen LogP contribution in [0.5, 0.6) is 11.5 Å². The molecule has 0 aliphatic carbocycles. The lowest BCUT2D eigenvalue weighted by molar-refractivity contribution is -0.124. The van der Waals surface area contributed by atoms with Gasteiger partial charge in [-0.3, -0.25) is 14.5 Å². The Morgan fingerprint density at radius 2 is 1.52 bits per heavy atom. The van der Waals surface area contributed by atoms with E-state index in [1.807, 2.05) is 63.2 Å². The van der Waals surface area contributed by atoms with Crippen molar-refractivity contribution in [2.24, 2.45) is 0 Å². The largest absolute Gasteiger partial charge is 0.455 e. The zero-order valence-corrected chi connectivity index (χ0v) is 16.3. The summed E-state index contributed by atoms with van der Waals surface area (Å²) in [5, 5.41) is 5.72. The highest BCUT2D eigenvalue weighted by atomic mass is 16.5. The van der Waals surface area contributed by atoms with Crippen LogP contribution in [-0.4, -0.2) is 42.4 Å². The van der Waals surface area contributed by atoms with Crippen molar-refractivity contribution in [2.45, 2.75) is 26.3 Å². The van der Waals surface area contributed by atoms with Gasteiger partial charge in [-0.2, -0.15) is 0 Å². The van der Waals surface area contributed by atoms with Crippen molar-refractivity contribution in [3.63, 3.8) is 0 Å². The number of ether oxygens (including phenoxy) is 1. The number of rotatable bonds is 7. The summed E-state index contributed by atoms with van der Waals surface area (Å²) in [6, 6.07) is 16.6. The van der Waals surface area contributed by atoms with Crippen molar-refractivity contribution in [3.05, 3.63) is 54.6 Å².